The fourth-order valence-corrected chi connectivity index (χ4v) is 3.40. The number of carbonyl (C=O) groups is 1. The van der Waals surface area contributed by atoms with Crippen LogP contribution in [0.25, 0.3) is 0 Å². The van der Waals surface area contributed by atoms with Crippen LogP contribution in [-0.4, -0.2) is 37.6 Å². The number of para-hydroxylation sites is 1. The number of hydrogen-bond acceptors (Lipinski definition) is 3. The third-order valence-corrected chi connectivity index (χ3v) is 4.95. The van der Waals surface area contributed by atoms with Crippen molar-refractivity contribution in [1.29, 1.82) is 0 Å². The Morgan fingerprint density at radius 3 is 2.84 bits per heavy atom. The van der Waals surface area contributed by atoms with E-state index >= 15 is 0 Å². The molecule has 0 aliphatic carbocycles. The number of ether oxygens (including phenoxy) is 1. The molecule has 0 saturated carbocycles. The van der Waals surface area contributed by atoms with Crippen LogP contribution in [0.3, 0.4) is 0 Å². The molecular weight excluding hydrogens is 312 g/mol. The Bertz CT molecular complexity index is 744. The van der Waals surface area contributed by atoms with E-state index in [1.54, 1.807) is 12.0 Å². The van der Waals surface area contributed by atoms with Gasteiger partial charge in [0, 0.05) is 25.3 Å². The fraction of sp³-hybridized carbons (Fsp3) is 0.381. The van der Waals surface area contributed by atoms with Gasteiger partial charge < -0.3 is 14.5 Å². The normalized spacial score (nSPS) is 16.3. The Balaban J connectivity index is 1.69. The van der Waals surface area contributed by atoms with Crippen LogP contribution in [-0.2, 0) is 17.8 Å². The summed E-state index contributed by atoms with van der Waals surface area (Å²) in [6.07, 6.45) is 2.17. The lowest BCUT2D eigenvalue weighted by atomic mass is 9.96. The van der Waals surface area contributed by atoms with Crippen molar-refractivity contribution in [1.82, 2.24) is 4.90 Å². The maximum Gasteiger partial charge on any atom is 0.242 e. The molecule has 0 bridgehead atoms. The summed E-state index contributed by atoms with van der Waals surface area (Å²) in [4.78, 5) is 16.8. The zero-order valence-electron chi connectivity index (χ0n) is 15.2. The predicted molar refractivity (Wildman–Crippen MR) is 101 cm³/mol. The number of rotatable bonds is 5. The van der Waals surface area contributed by atoms with Crippen molar-refractivity contribution in [2.75, 3.05) is 25.6 Å². The number of likely N-dealkylation sites (N-methyl/N-ethyl adjacent to an activating group) is 1. The first kappa shape index (κ1) is 17.3. The van der Waals surface area contributed by atoms with Gasteiger partial charge in [0.2, 0.25) is 5.91 Å². The Labute approximate surface area is 150 Å². The maximum atomic E-state index is 12.8. The van der Waals surface area contributed by atoms with Crippen LogP contribution in [0.5, 0.6) is 5.75 Å². The maximum absolute atomic E-state index is 12.8. The highest BCUT2D eigenvalue weighted by Crippen LogP contribution is 2.30. The monoisotopic (exact) mass is 338 g/mol. The number of methoxy groups -OCH3 is 1. The Kier molecular flexibility index (Phi) is 5.27. The van der Waals surface area contributed by atoms with Crippen LogP contribution >= 0.6 is 0 Å². The second kappa shape index (κ2) is 7.60. The first-order chi connectivity index (χ1) is 12.1. The summed E-state index contributed by atoms with van der Waals surface area (Å²) in [7, 11) is 3.52. The van der Waals surface area contributed by atoms with Crippen LogP contribution in [0, 0.1) is 0 Å². The van der Waals surface area contributed by atoms with E-state index in [4.69, 9.17) is 4.74 Å². The average Bonchev–Trinajstić information content (AvgIpc) is 2.64. The van der Waals surface area contributed by atoms with Gasteiger partial charge in [0.1, 0.15) is 5.75 Å². The summed E-state index contributed by atoms with van der Waals surface area (Å²) in [5.74, 6) is 0.948. The average molecular weight is 338 g/mol. The summed E-state index contributed by atoms with van der Waals surface area (Å²) in [5.41, 5.74) is 3.61. The number of hydrogen-bond donors (Lipinski definition) is 0. The topological polar surface area (TPSA) is 32.8 Å². The molecule has 4 nitrogen and oxygen atoms in total. The number of nitrogens with zero attached hydrogens (tertiary/aromatic N) is 2. The van der Waals surface area contributed by atoms with Gasteiger partial charge in [-0.25, -0.2) is 0 Å². The van der Waals surface area contributed by atoms with Gasteiger partial charge in [-0.15, -0.1) is 0 Å². The molecule has 25 heavy (non-hydrogen) atoms. The Morgan fingerprint density at radius 2 is 2.04 bits per heavy atom. The third-order valence-electron chi connectivity index (χ3n) is 4.95. The second-order valence-electron chi connectivity index (χ2n) is 6.75. The van der Waals surface area contributed by atoms with E-state index in [0.717, 1.165) is 24.2 Å². The van der Waals surface area contributed by atoms with Crippen molar-refractivity contribution < 1.29 is 9.53 Å². The molecule has 3 rings (SSSR count). The molecule has 0 spiro atoms. The molecule has 2 aromatic rings. The molecule has 1 unspecified atom stereocenters. The highest BCUT2D eigenvalue weighted by atomic mass is 16.5. The molecule has 4 heteroatoms. The van der Waals surface area contributed by atoms with Crippen molar-refractivity contribution in [3.05, 3.63) is 59.7 Å². The molecule has 132 valence electrons. The molecule has 0 radical (unpaired) electrons. The fourth-order valence-electron chi connectivity index (χ4n) is 3.40. The number of aryl methyl sites for hydroxylation is 1. The molecule has 1 aliphatic heterocycles. The van der Waals surface area contributed by atoms with Gasteiger partial charge in [-0.3, -0.25) is 4.79 Å². The number of carbonyl (C=O) groups excluding carboxylic acids is 1. The smallest absolute Gasteiger partial charge is 0.242 e. The lowest BCUT2D eigenvalue weighted by molar-refractivity contribution is -0.129. The molecule has 0 N–H and O–H groups in total. The number of anilines is 1. The lowest BCUT2D eigenvalue weighted by Crippen LogP contribution is -2.44. The van der Waals surface area contributed by atoms with Crippen LogP contribution < -0.4 is 9.64 Å². The molecule has 1 heterocycles. The van der Waals surface area contributed by atoms with Crippen LogP contribution in [0.4, 0.5) is 5.69 Å². The second-order valence-corrected chi connectivity index (χ2v) is 6.75. The van der Waals surface area contributed by atoms with Crippen molar-refractivity contribution >= 4 is 11.6 Å². The SMILES string of the molecule is COc1cccc(CN(C)C(=O)CN2c3ccccc3CCC2C)c1. The molecule has 2 aromatic carbocycles. The number of fused-ring (bicyclic) bond motifs is 1. The van der Waals surface area contributed by atoms with Gasteiger partial charge in [0.05, 0.1) is 13.7 Å². The molecule has 0 saturated heterocycles. The zero-order valence-corrected chi connectivity index (χ0v) is 15.2. The van der Waals surface area contributed by atoms with E-state index < -0.39 is 0 Å². The summed E-state index contributed by atoms with van der Waals surface area (Å²) in [6, 6.07) is 16.7. The Morgan fingerprint density at radius 1 is 1.24 bits per heavy atom. The summed E-state index contributed by atoms with van der Waals surface area (Å²) in [5, 5.41) is 0. The van der Waals surface area contributed by atoms with E-state index in [2.05, 4.69) is 30.0 Å². The Hall–Kier alpha value is -2.49. The first-order valence-corrected chi connectivity index (χ1v) is 8.80. The molecule has 1 atom stereocenters. The summed E-state index contributed by atoms with van der Waals surface area (Å²) >= 11 is 0. The van der Waals surface area contributed by atoms with Crippen molar-refractivity contribution in [2.45, 2.75) is 32.4 Å². The van der Waals surface area contributed by atoms with Gasteiger partial charge in [-0.2, -0.15) is 0 Å². The molecule has 1 aliphatic rings. The number of amides is 1. The number of benzene rings is 2. The van der Waals surface area contributed by atoms with E-state index in [-0.39, 0.29) is 5.91 Å². The lowest BCUT2D eigenvalue weighted by Gasteiger charge is -2.37. The van der Waals surface area contributed by atoms with E-state index in [1.165, 1.54) is 11.3 Å². The minimum absolute atomic E-state index is 0.131. The van der Waals surface area contributed by atoms with Crippen molar-refractivity contribution in [3.8, 4) is 5.75 Å². The van der Waals surface area contributed by atoms with Crippen LogP contribution in [0.1, 0.15) is 24.5 Å². The summed E-state index contributed by atoms with van der Waals surface area (Å²) < 4.78 is 5.26. The highest BCUT2D eigenvalue weighted by molar-refractivity contribution is 5.82. The molecule has 0 fully saturated rings. The highest BCUT2D eigenvalue weighted by Gasteiger charge is 2.25. The van der Waals surface area contributed by atoms with Gasteiger partial charge in [0.25, 0.3) is 0 Å². The largest absolute Gasteiger partial charge is 0.497 e. The molecule has 1 amide bonds. The zero-order chi connectivity index (χ0) is 17.8. The van der Waals surface area contributed by atoms with Gasteiger partial charge in [0.15, 0.2) is 0 Å². The van der Waals surface area contributed by atoms with Gasteiger partial charge >= 0.3 is 0 Å². The van der Waals surface area contributed by atoms with Gasteiger partial charge in [-0.1, -0.05) is 30.3 Å². The van der Waals surface area contributed by atoms with Crippen LogP contribution in [0.2, 0.25) is 0 Å². The van der Waals surface area contributed by atoms with Crippen molar-refractivity contribution in [2.24, 2.45) is 0 Å². The van der Waals surface area contributed by atoms with E-state index in [9.17, 15) is 4.79 Å². The third kappa shape index (κ3) is 3.95. The minimum Gasteiger partial charge on any atom is -0.497 e. The van der Waals surface area contributed by atoms with Gasteiger partial charge in [-0.05, 0) is 49.1 Å². The summed E-state index contributed by atoms with van der Waals surface area (Å²) in [6.45, 7) is 3.20. The quantitative estimate of drug-likeness (QED) is 0.836. The first-order valence-electron chi connectivity index (χ1n) is 8.80. The van der Waals surface area contributed by atoms with E-state index in [0.29, 0.717) is 19.1 Å². The molecule has 0 aromatic heterocycles. The predicted octanol–water partition coefficient (Wildman–Crippen LogP) is 3.49. The van der Waals surface area contributed by atoms with E-state index in [1.807, 2.05) is 37.4 Å². The van der Waals surface area contributed by atoms with Crippen molar-refractivity contribution in [3.63, 3.8) is 0 Å². The minimum atomic E-state index is 0.131. The molecular formula is C21H26N2O2. The van der Waals surface area contributed by atoms with Crippen LogP contribution in [0.15, 0.2) is 48.5 Å². The standard InChI is InChI=1S/C21H26N2O2/c1-16-11-12-18-8-4-5-10-20(18)23(16)15-21(24)22(2)14-17-7-6-9-19(13-17)25-3/h4-10,13,16H,11-12,14-15H2,1-3H3.